The van der Waals surface area contributed by atoms with E-state index in [2.05, 4.69) is 0 Å². The normalized spacial score (nSPS) is 0. The monoisotopic (exact) mass is 241 g/mol. The van der Waals surface area contributed by atoms with Gasteiger partial charge in [-0.15, -0.1) is 0 Å². The van der Waals surface area contributed by atoms with Gasteiger partial charge in [-0.05, 0) is 0 Å². The van der Waals surface area contributed by atoms with Crippen LogP contribution in [0.1, 0.15) is 0 Å². The molecule has 0 N–H and O–H groups in total. The minimum absolute atomic E-state index is 0. The summed E-state index contributed by atoms with van der Waals surface area (Å²) in [6, 6.07) is 0. The van der Waals surface area contributed by atoms with Gasteiger partial charge in [0.2, 0.25) is 0 Å². The second kappa shape index (κ2) is 19.6. The van der Waals surface area contributed by atoms with Crippen molar-refractivity contribution in [3.63, 3.8) is 0 Å². The maximum Gasteiger partial charge on any atom is 0 e. The van der Waals surface area contributed by atoms with E-state index in [-0.39, 0.29) is 68.0 Å². The Hall–Kier alpha value is 2.06. The summed E-state index contributed by atoms with van der Waals surface area (Å²) in [7, 11) is 0. The van der Waals surface area contributed by atoms with Crippen LogP contribution >= 0.6 is 0 Å². The minimum Gasteiger partial charge on any atom is 0 e. The van der Waals surface area contributed by atoms with Gasteiger partial charge in [-0.1, -0.05) is 0 Å². The van der Waals surface area contributed by atoms with Gasteiger partial charge in [0.05, 0.1) is 0 Å². The van der Waals surface area contributed by atoms with Crippen molar-refractivity contribution in [2.75, 3.05) is 0 Å². The Morgan fingerprint density at radius 1 is 0.750 bits per heavy atom. The van der Waals surface area contributed by atoms with Crippen molar-refractivity contribution >= 4 is 0 Å². The van der Waals surface area contributed by atoms with Gasteiger partial charge < -0.3 is 0 Å². The van der Waals surface area contributed by atoms with Crippen LogP contribution in [0.15, 0.2) is 0 Å². The van der Waals surface area contributed by atoms with Crippen molar-refractivity contribution in [1.29, 1.82) is 0 Å². The molecule has 4 heavy (non-hydrogen) atoms. The van der Waals surface area contributed by atoms with E-state index in [0.29, 0.717) is 0 Å². The molecule has 4 heteroatoms. The summed E-state index contributed by atoms with van der Waals surface area (Å²) in [5.41, 5.74) is 0. The molecule has 0 rings (SSSR count). The first-order valence-electron chi connectivity index (χ1n) is 0. The van der Waals surface area contributed by atoms with E-state index in [0.717, 1.165) is 0 Å². The fourth-order valence-electron chi connectivity index (χ4n) is 0. The number of hydrogen-bond acceptors (Lipinski definition) is 0. The summed E-state index contributed by atoms with van der Waals surface area (Å²) in [5.74, 6) is 0. The summed E-state index contributed by atoms with van der Waals surface area (Å²) in [6.45, 7) is 0. The summed E-state index contributed by atoms with van der Waals surface area (Å²) >= 11 is 0. The third kappa shape index (κ3) is 8.96. The van der Waals surface area contributed by atoms with E-state index in [1.54, 1.807) is 0 Å². The van der Waals surface area contributed by atoms with Crippen molar-refractivity contribution in [1.82, 2.24) is 0 Å². The first kappa shape index (κ1) is 36.5. The van der Waals surface area contributed by atoms with Crippen molar-refractivity contribution in [2.45, 2.75) is 0 Å². The first-order valence-corrected chi connectivity index (χ1v) is 0. The molecule has 0 unspecified atom stereocenters. The molecule has 3 radical (unpaired) electrons. The first-order chi connectivity index (χ1) is 0. The van der Waals surface area contributed by atoms with Gasteiger partial charge in [-0.25, -0.2) is 0 Å². The van der Waals surface area contributed by atoms with Crippen LogP contribution < -0.4 is 0 Å². The van der Waals surface area contributed by atoms with Gasteiger partial charge in [0, 0.05) is 68.0 Å². The van der Waals surface area contributed by atoms with E-state index >= 15 is 0 Å². The van der Waals surface area contributed by atoms with Crippen LogP contribution in [0.3, 0.4) is 0 Å². The Balaban J connectivity index is 0. The fourth-order valence-corrected chi connectivity index (χ4v) is 0. The average Bonchev–Trinajstić information content (AvgIpc) is 0. The topological polar surface area (TPSA) is 0 Å². The molecular formula is CoCu2Fe. The number of rotatable bonds is 0. The van der Waals surface area contributed by atoms with E-state index in [9.17, 15) is 0 Å². The van der Waals surface area contributed by atoms with Crippen LogP contribution in [0.2, 0.25) is 0 Å². The Morgan fingerprint density at radius 3 is 0.750 bits per heavy atom. The molecule has 0 saturated heterocycles. The maximum atomic E-state index is 0. The molecule has 0 bridgehead atoms. The van der Waals surface area contributed by atoms with Gasteiger partial charge in [0.25, 0.3) is 0 Å². The Kier molecular flexibility index (Phi) is 179. The second-order valence-electron chi connectivity index (χ2n) is 0. The third-order valence-electron chi connectivity index (χ3n) is 0. The molecule has 0 aromatic rings. The molecule has 0 saturated carbocycles. The zero-order valence-electron chi connectivity index (χ0n) is 1.29. The van der Waals surface area contributed by atoms with E-state index < -0.39 is 0 Å². The van der Waals surface area contributed by atoms with E-state index in [1.165, 1.54) is 0 Å². The Bertz CT molecular complexity index is 6.00. The molecule has 0 atom stereocenters. The minimum atomic E-state index is 0. The van der Waals surface area contributed by atoms with Gasteiger partial charge in [-0.3, -0.25) is 0 Å². The predicted molar refractivity (Wildman–Crippen MR) is 0 cm³/mol. The van der Waals surface area contributed by atoms with Crippen molar-refractivity contribution < 1.29 is 68.0 Å². The molecule has 0 heterocycles. The standard InChI is InChI=1S/Co.2Cu.Fe. The van der Waals surface area contributed by atoms with E-state index in [1.807, 2.05) is 0 Å². The molecular weight excluding hydrogens is 242 g/mol. The van der Waals surface area contributed by atoms with Gasteiger partial charge >= 0.3 is 0 Å². The fraction of sp³-hybridized carbons (Fsp3) is 0. The van der Waals surface area contributed by atoms with Crippen LogP contribution in [0, 0.1) is 0 Å². The Labute approximate surface area is 67.5 Å². The molecule has 39 valence electrons. The summed E-state index contributed by atoms with van der Waals surface area (Å²) < 4.78 is 0. The molecule has 0 spiro atoms. The molecule has 0 fully saturated rings. The SMILES string of the molecule is [Co].[Cu].[Cu].[Fe]. The third-order valence-corrected chi connectivity index (χ3v) is 0. The van der Waals surface area contributed by atoms with Crippen molar-refractivity contribution in [3.05, 3.63) is 0 Å². The molecule has 0 amide bonds. The summed E-state index contributed by atoms with van der Waals surface area (Å²) in [4.78, 5) is 0. The van der Waals surface area contributed by atoms with Crippen LogP contribution in [0.25, 0.3) is 0 Å². The molecule has 0 aromatic heterocycles. The van der Waals surface area contributed by atoms with Gasteiger partial charge in [-0.2, -0.15) is 0 Å². The largest absolute Gasteiger partial charge is 0 e. The van der Waals surface area contributed by atoms with Crippen LogP contribution in [0.4, 0.5) is 0 Å². The maximum absolute atomic E-state index is 0. The van der Waals surface area contributed by atoms with Crippen molar-refractivity contribution in [2.24, 2.45) is 0 Å². The summed E-state index contributed by atoms with van der Waals surface area (Å²) in [5, 5.41) is 0. The molecule has 0 nitrogen and oxygen atoms in total. The van der Waals surface area contributed by atoms with E-state index in [4.69, 9.17) is 0 Å². The molecule has 0 aliphatic heterocycles. The average molecular weight is 242 g/mol. The zero-order chi connectivity index (χ0) is 0. The van der Waals surface area contributed by atoms with Gasteiger partial charge in [0.15, 0.2) is 0 Å². The molecule has 0 aliphatic rings. The number of hydrogen-bond donors (Lipinski definition) is 0. The van der Waals surface area contributed by atoms with Crippen LogP contribution in [-0.4, -0.2) is 0 Å². The van der Waals surface area contributed by atoms with Crippen molar-refractivity contribution in [3.8, 4) is 0 Å². The van der Waals surface area contributed by atoms with Crippen LogP contribution in [0.5, 0.6) is 0 Å². The zero-order valence-corrected chi connectivity index (χ0v) is 5.32. The summed E-state index contributed by atoms with van der Waals surface area (Å²) in [6.07, 6.45) is 0. The smallest absolute Gasteiger partial charge is 0 e. The quantitative estimate of drug-likeness (QED) is 0.524. The molecule has 0 aromatic carbocycles. The Morgan fingerprint density at radius 2 is 0.750 bits per heavy atom. The second-order valence-corrected chi connectivity index (χ2v) is 0. The predicted octanol–water partition coefficient (Wildman–Crippen LogP) is -0.0100. The van der Waals surface area contributed by atoms with Crippen LogP contribution in [-0.2, 0) is 68.0 Å². The molecule has 0 aliphatic carbocycles. The van der Waals surface area contributed by atoms with Gasteiger partial charge in [0.1, 0.15) is 0 Å².